The fourth-order valence-corrected chi connectivity index (χ4v) is 22.2. The maximum Gasteiger partial charge on any atom is 0.0547 e. The Morgan fingerprint density at radius 3 is 0.622 bits per heavy atom. The third-order valence-corrected chi connectivity index (χ3v) is 28.7. The second kappa shape index (κ2) is 37.6. The fourth-order valence-electron chi connectivity index (χ4n) is 22.2. The molecule has 0 aliphatic rings. The van der Waals surface area contributed by atoms with Gasteiger partial charge < -0.3 is 27.4 Å². The summed E-state index contributed by atoms with van der Waals surface area (Å²) in [6.45, 7) is 0. The van der Waals surface area contributed by atoms with Crippen molar-refractivity contribution in [1.82, 2.24) is 27.4 Å². The molecule has 0 amide bonds. The van der Waals surface area contributed by atoms with Gasteiger partial charge in [-0.15, -0.1) is 12.8 Å². The van der Waals surface area contributed by atoms with Gasteiger partial charge in [-0.05, 0) is 292 Å². The summed E-state index contributed by atoms with van der Waals surface area (Å²) in [5.74, 6) is 28.3. The molecule has 0 aliphatic carbocycles. The molecule has 6 heterocycles. The van der Waals surface area contributed by atoms with Gasteiger partial charge in [-0.25, -0.2) is 0 Å². The molecule has 0 bridgehead atoms. The molecule has 0 spiro atoms. The molecule has 0 aliphatic heterocycles. The van der Waals surface area contributed by atoms with Crippen LogP contribution in [0, 0.1) is 83.9 Å². The predicted molar refractivity (Wildman–Crippen MR) is 626 cm³/mol. The molecule has 0 saturated carbocycles. The number of terminal acetylenes is 2. The highest BCUT2D eigenvalue weighted by atomic mass is 15.0. The molecular weight excluding hydrogens is 1790 g/mol. The molecule has 6 nitrogen and oxygen atoms in total. The van der Waals surface area contributed by atoms with Crippen LogP contribution in [0.25, 0.3) is 252 Å². The van der Waals surface area contributed by atoms with Gasteiger partial charge >= 0.3 is 0 Å². The van der Waals surface area contributed by atoms with Crippen molar-refractivity contribution in [3.05, 3.63) is 497 Å². The van der Waals surface area contributed by atoms with Crippen LogP contribution in [0.15, 0.2) is 497 Å². The summed E-state index contributed by atoms with van der Waals surface area (Å²) in [4.78, 5) is 0. The van der Waals surface area contributed by atoms with Crippen molar-refractivity contribution in [2.45, 2.75) is 0 Å². The summed E-state index contributed by atoms with van der Waals surface area (Å²) in [7, 11) is 0. The number of rotatable bonds is 9. The van der Waals surface area contributed by atoms with Gasteiger partial charge in [0, 0.05) is 98.5 Å². The number of benzene rings is 23. The summed E-state index contributed by atoms with van der Waals surface area (Å²) >= 11 is 0. The lowest BCUT2D eigenvalue weighted by Crippen LogP contribution is -1.96. The van der Waals surface area contributed by atoms with Gasteiger partial charge in [-0.2, -0.15) is 0 Å². The van der Waals surface area contributed by atoms with Gasteiger partial charge in [0.25, 0.3) is 0 Å². The monoisotopic (exact) mass is 1870 g/mol. The smallest absolute Gasteiger partial charge is 0.0547 e. The van der Waals surface area contributed by atoms with E-state index >= 15 is 0 Å². The maximum atomic E-state index is 4.86. The Morgan fingerprint density at radius 2 is 0.331 bits per heavy atom. The highest BCUT2D eigenvalue weighted by molar-refractivity contribution is 6.19. The molecule has 0 atom stereocenters. The number of hydrogen-bond acceptors (Lipinski definition) is 0. The van der Waals surface area contributed by atoms with Crippen LogP contribution in [0.4, 0.5) is 0 Å². The second-order valence-electron chi connectivity index (χ2n) is 37.0. The van der Waals surface area contributed by atoms with Crippen molar-refractivity contribution < 1.29 is 0 Å². The molecule has 29 rings (SSSR count). The van der Waals surface area contributed by atoms with Crippen molar-refractivity contribution in [1.29, 1.82) is 0 Å². The maximum absolute atomic E-state index is 4.86. The molecule has 29 aromatic rings. The lowest BCUT2D eigenvalue weighted by molar-refractivity contribution is 1.18. The van der Waals surface area contributed by atoms with E-state index in [0.29, 0.717) is 0 Å². The Morgan fingerprint density at radius 1 is 0.122 bits per heavy atom. The van der Waals surface area contributed by atoms with E-state index in [9.17, 15) is 0 Å². The highest BCUT2D eigenvalue weighted by Gasteiger charge is 2.24. The van der Waals surface area contributed by atoms with Crippen molar-refractivity contribution in [3.63, 3.8) is 0 Å². The van der Waals surface area contributed by atoms with Crippen LogP contribution in [-0.4, -0.2) is 27.4 Å². The third-order valence-electron chi connectivity index (χ3n) is 28.7. The lowest BCUT2D eigenvalue weighted by Gasteiger charge is -2.15. The number of fused-ring (bicyclic) bond motifs is 24. The van der Waals surface area contributed by atoms with Crippen molar-refractivity contribution in [2.75, 3.05) is 0 Å². The van der Waals surface area contributed by atoms with E-state index in [-0.39, 0.29) is 0 Å². The fraction of sp³-hybridized carbons (Fsp3) is 0. The van der Waals surface area contributed by atoms with E-state index in [4.69, 9.17) is 12.8 Å². The standard InChI is InChI=1S/2C44H28N2.C40H26N2.C14H2/c1-3-11-31-25-35(21-17-29(31)9-1)45-41-15-7-5-13-37(41)39-23-19-33(27-43(39)45)34-20-24-40-38-14-6-8-16-42(38)46(44(40)28-34)36-22-18-30-10-2-4-12-32(30)26-36;1-2-13-32(14-3-1)45-40-20-10-8-18-36(40)38-24-22-29(26-42(38)45)30-23-25-39-37-19-9-11-21-41(37)46(43(39)27-30)44-28-31-12-4-5-15-33(31)34-16-6-7-17-35(34)44;1-2-12-31(13-3-1)41-37-16-8-6-14-33(37)35-22-19-29(25-39(35)41)30-20-23-36-34-15-7-9-17-38(34)42(40(36)26-30)32-21-18-27-10-4-5-11-28(27)24-32;1-3-5-7-9-11-13-14-12-10-8-6-4-2/h2*1-28H;1-26H;1-2H. The SMILES string of the molecule is C#CC#CC#CC#CC#CC#CC#C.c1ccc(-n2c3ccccc3c3ccc(-c4ccc5c6ccccc6n(-c6cc7ccccc7c7ccccc67)c5c4)cc32)cc1.c1ccc(-n2c3ccccc3c3ccc(-c4ccc5c6ccccc6n(-c6ccc7ccccc7c6)c5c4)cc32)cc1.c1ccc2cc(-n3c4ccccc4c4ccc(-c5ccc6c7ccccc7n(-c7ccc8ccccc8c7)c6c5)cc43)ccc2c1. The first-order valence-corrected chi connectivity index (χ1v) is 49.5. The molecule has 0 unspecified atom stereocenters. The molecule has 0 fully saturated rings. The molecular formula is C142H84N6. The Balaban J connectivity index is 0.000000106. The summed E-state index contributed by atoms with van der Waals surface area (Å²) in [6.07, 6.45) is 9.71. The number of nitrogens with zero attached hydrogens (tertiary/aromatic N) is 6. The minimum Gasteiger partial charge on any atom is -0.309 e. The molecule has 148 heavy (non-hydrogen) atoms. The quantitative estimate of drug-likeness (QED) is 0.102. The van der Waals surface area contributed by atoms with Crippen molar-refractivity contribution in [3.8, 4) is 151 Å². The van der Waals surface area contributed by atoms with Crippen LogP contribution in [0.2, 0.25) is 0 Å². The number of para-hydroxylation sites is 8. The first-order chi connectivity index (χ1) is 73.4. The molecule has 6 heteroatoms. The van der Waals surface area contributed by atoms with E-state index in [1.807, 2.05) is 0 Å². The molecule has 0 N–H and O–H groups in total. The summed E-state index contributed by atoms with van der Waals surface area (Å²) < 4.78 is 14.5. The number of hydrogen-bond donors (Lipinski definition) is 0. The minimum absolute atomic E-state index is 1.17. The van der Waals surface area contributed by atoms with Gasteiger partial charge in [0.2, 0.25) is 0 Å². The Kier molecular flexibility index (Phi) is 22.2. The van der Waals surface area contributed by atoms with Gasteiger partial charge in [-0.1, -0.05) is 358 Å². The van der Waals surface area contributed by atoms with Gasteiger partial charge in [0.15, 0.2) is 0 Å². The normalized spacial score (nSPS) is 11.1. The largest absolute Gasteiger partial charge is 0.309 e. The van der Waals surface area contributed by atoms with Gasteiger partial charge in [-0.3, -0.25) is 0 Å². The predicted octanol–water partition coefficient (Wildman–Crippen LogP) is 34.7. The number of aromatic nitrogens is 6. The van der Waals surface area contributed by atoms with Crippen LogP contribution in [0.5, 0.6) is 0 Å². The van der Waals surface area contributed by atoms with Crippen LogP contribution in [-0.2, 0) is 0 Å². The van der Waals surface area contributed by atoms with Gasteiger partial charge in [0.1, 0.15) is 0 Å². The summed E-state index contributed by atoms with van der Waals surface area (Å²) in [5.41, 5.74) is 28.9. The van der Waals surface area contributed by atoms with E-state index in [1.54, 1.807) is 0 Å². The average molecular weight is 1870 g/mol. The van der Waals surface area contributed by atoms with Crippen LogP contribution in [0.1, 0.15) is 0 Å². The summed E-state index contributed by atoms with van der Waals surface area (Å²) in [6, 6.07) is 181. The van der Waals surface area contributed by atoms with E-state index in [1.165, 1.54) is 252 Å². The van der Waals surface area contributed by atoms with Crippen LogP contribution in [0.3, 0.4) is 0 Å². The minimum atomic E-state index is 1.17. The topological polar surface area (TPSA) is 29.6 Å². The highest BCUT2D eigenvalue weighted by Crippen LogP contribution is 2.46. The van der Waals surface area contributed by atoms with Crippen LogP contribution < -0.4 is 0 Å². The molecule has 6 aromatic heterocycles. The van der Waals surface area contributed by atoms with E-state index in [2.05, 4.69) is 596 Å². The molecule has 23 aromatic carbocycles. The Bertz CT molecular complexity index is 10700. The van der Waals surface area contributed by atoms with Crippen molar-refractivity contribution in [2.24, 2.45) is 0 Å². The van der Waals surface area contributed by atoms with E-state index in [0.717, 1.165) is 0 Å². The Hall–Kier alpha value is -20.9. The Labute approximate surface area is 854 Å². The lowest BCUT2D eigenvalue weighted by atomic mass is 9.99. The molecule has 0 radical (unpaired) electrons. The van der Waals surface area contributed by atoms with Gasteiger partial charge in [0.05, 0.1) is 71.9 Å². The zero-order valence-corrected chi connectivity index (χ0v) is 80.2. The zero-order chi connectivity index (χ0) is 98.5. The van der Waals surface area contributed by atoms with Crippen molar-refractivity contribution >= 4 is 185 Å². The first kappa shape index (κ1) is 87.3. The summed E-state index contributed by atoms with van der Waals surface area (Å²) in [5, 5.41) is 27.8. The van der Waals surface area contributed by atoms with E-state index < -0.39 is 0 Å². The molecule has 682 valence electrons. The van der Waals surface area contributed by atoms with Crippen LogP contribution >= 0.6 is 0 Å². The zero-order valence-electron chi connectivity index (χ0n) is 80.2. The average Bonchev–Trinajstić information content (AvgIpc) is 1.56. The third kappa shape index (κ3) is 15.5. The second-order valence-corrected chi connectivity index (χ2v) is 37.0. The first-order valence-electron chi connectivity index (χ1n) is 49.5. The molecule has 0 saturated heterocycles.